The van der Waals surface area contributed by atoms with Gasteiger partial charge in [-0.05, 0) is 36.7 Å². The highest BCUT2D eigenvalue weighted by atomic mass is 16.5. The van der Waals surface area contributed by atoms with Crippen LogP contribution in [0.25, 0.3) is 0 Å². The lowest BCUT2D eigenvalue weighted by Crippen LogP contribution is -2.51. The second kappa shape index (κ2) is 8.67. The first-order valence-corrected chi connectivity index (χ1v) is 9.71. The van der Waals surface area contributed by atoms with Crippen molar-refractivity contribution in [1.29, 1.82) is 0 Å². The number of hydrogen-bond acceptors (Lipinski definition) is 3. The van der Waals surface area contributed by atoms with Crippen molar-refractivity contribution in [3.8, 4) is 0 Å². The van der Waals surface area contributed by atoms with Crippen LogP contribution in [0.1, 0.15) is 44.1 Å². The molecule has 2 aliphatic heterocycles. The van der Waals surface area contributed by atoms with E-state index in [1.54, 1.807) is 0 Å². The summed E-state index contributed by atoms with van der Waals surface area (Å²) in [7, 11) is 1.90. The van der Waals surface area contributed by atoms with Crippen LogP contribution in [0.2, 0.25) is 0 Å². The van der Waals surface area contributed by atoms with Gasteiger partial charge in [0.15, 0.2) is 0 Å². The molecule has 0 aliphatic carbocycles. The van der Waals surface area contributed by atoms with E-state index in [-0.39, 0.29) is 17.2 Å². The van der Waals surface area contributed by atoms with Crippen molar-refractivity contribution in [3.05, 3.63) is 35.9 Å². The van der Waals surface area contributed by atoms with E-state index in [9.17, 15) is 9.59 Å². The molecule has 5 nitrogen and oxygen atoms in total. The Hall–Kier alpha value is -1.88. The molecular weight excluding hydrogens is 328 g/mol. The van der Waals surface area contributed by atoms with Gasteiger partial charge in [-0.15, -0.1) is 0 Å². The molecule has 0 radical (unpaired) electrons. The van der Waals surface area contributed by atoms with Gasteiger partial charge in [0.05, 0.1) is 6.61 Å². The predicted octanol–water partition coefficient (Wildman–Crippen LogP) is 2.84. The van der Waals surface area contributed by atoms with Gasteiger partial charge in [0.25, 0.3) is 0 Å². The Morgan fingerprint density at radius 3 is 2.58 bits per heavy atom. The van der Waals surface area contributed by atoms with Gasteiger partial charge in [0.2, 0.25) is 11.8 Å². The van der Waals surface area contributed by atoms with Crippen molar-refractivity contribution in [2.75, 3.05) is 33.3 Å². The van der Waals surface area contributed by atoms with Crippen LogP contribution in [0, 0.1) is 5.41 Å². The summed E-state index contributed by atoms with van der Waals surface area (Å²) in [5.74, 6) is 0.494. The van der Waals surface area contributed by atoms with Crippen molar-refractivity contribution in [2.24, 2.45) is 5.41 Å². The largest absolute Gasteiger partial charge is 0.377 e. The lowest BCUT2D eigenvalue weighted by molar-refractivity contribution is -0.141. The van der Waals surface area contributed by atoms with Gasteiger partial charge in [0.1, 0.15) is 0 Å². The number of benzene rings is 1. The number of piperidine rings is 2. The van der Waals surface area contributed by atoms with Crippen LogP contribution in [0.3, 0.4) is 0 Å². The van der Waals surface area contributed by atoms with E-state index in [0.29, 0.717) is 26.1 Å². The Balaban J connectivity index is 1.33. The SMILES string of the molecule is CN1CC2(CCC1=O)CCN(C(=O)CCCOCc1ccccc1)CC2. The molecule has 26 heavy (non-hydrogen) atoms. The van der Waals surface area contributed by atoms with Crippen LogP contribution in [-0.2, 0) is 20.9 Å². The molecule has 2 amide bonds. The summed E-state index contributed by atoms with van der Waals surface area (Å²) in [5.41, 5.74) is 1.40. The summed E-state index contributed by atoms with van der Waals surface area (Å²) < 4.78 is 5.66. The second-order valence-corrected chi connectivity index (χ2v) is 7.77. The molecule has 1 aromatic carbocycles. The highest BCUT2D eigenvalue weighted by Crippen LogP contribution is 2.39. The third-order valence-electron chi connectivity index (χ3n) is 5.84. The summed E-state index contributed by atoms with van der Waals surface area (Å²) in [6, 6.07) is 10.1. The zero-order valence-corrected chi connectivity index (χ0v) is 15.8. The fraction of sp³-hybridized carbons (Fsp3) is 0.619. The van der Waals surface area contributed by atoms with Gasteiger partial charge in [0, 0.05) is 46.1 Å². The molecule has 5 heteroatoms. The number of hydrogen-bond donors (Lipinski definition) is 0. The number of rotatable bonds is 6. The van der Waals surface area contributed by atoms with Crippen molar-refractivity contribution in [3.63, 3.8) is 0 Å². The molecule has 2 saturated heterocycles. The Morgan fingerprint density at radius 2 is 1.88 bits per heavy atom. The topological polar surface area (TPSA) is 49.9 Å². The molecule has 0 aromatic heterocycles. The van der Waals surface area contributed by atoms with E-state index in [2.05, 4.69) is 0 Å². The van der Waals surface area contributed by atoms with Crippen LogP contribution >= 0.6 is 0 Å². The highest BCUT2D eigenvalue weighted by molar-refractivity contribution is 5.77. The molecular formula is C21H30N2O3. The number of nitrogens with zero attached hydrogens (tertiary/aromatic N) is 2. The predicted molar refractivity (Wildman–Crippen MR) is 100 cm³/mol. The van der Waals surface area contributed by atoms with Gasteiger partial charge in [-0.3, -0.25) is 9.59 Å². The first kappa shape index (κ1) is 18.9. The minimum Gasteiger partial charge on any atom is -0.377 e. The van der Waals surface area contributed by atoms with Gasteiger partial charge in [-0.25, -0.2) is 0 Å². The van der Waals surface area contributed by atoms with Gasteiger partial charge in [-0.1, -0.05) is 30.3 Å². The third kappa shape index (κ3) is 4.85. The van der Waals surface area contributed by atoms with Crippen LogP contribution in [0.5, 0.6) is 0 Å². The standard InChI is InChI=1S/C21H30N2O3/c1-22-17-21(10-9-19(22)24)11-13-23(14-12-21)20(25)8-5-15-26-16-18-6-3-2-4-7-18/h2-4,6-7H,5,8-17H2,1H3. The number of likely N-dealkylation sites (tertiary alicyclic amines) is 2. The lowest BCUT2D eigenvalue weighted by atomic mass is 9.72. The van der Waals surface area contributed by atoms with Crippen molar-refractivity contribution < 1.29 is 14.3 Å². The Labute approximate surface area is 156 Å². The van der Waals surface area contributed by atoms with Crippen molar-refractivity contribution in [2.45, 2.75) is 45.1 Å². The molecule has 142 valence electrons. The van der Waals surface area contributed by atoms with E-state index in [1.807, 2.05) is 47.2 Å². The Bertz CT molecular complexity index is 609. The smallest absolute Gasteiger partial charge is 0.222 e. The van der Waals surface area contributed by atoms with Gasteiger partial charge < -0.3 is 14.5 Å². The molecule has 0 bridgehead atoms. The normalized spacial score (nSPS) is 19.8. The average molecular weight is 358 g/mol. The average Bonchev–Trinajstić information content (AvgIpc) is 2.66. The van der Waals surface area contributed by atoms with Crippen molar-refractivity contribution in [1.82, 2.24) is 9.80 Å². The third-order valence-corrected chi connectivity index (χ3v) is 5.84. The van der Waals surface area contributed by atoms with E-state index in [4.69, 9.17) is 4.74 Å². The first-order valence-electron chi connectivity index (χ1n) is 9.71. The molecule has 0 N–H and O–H groups in total. The van der Waals surface area contributed by atoms with Gasteiger partial charge >= 0.3 is 0 Å². The van der Waals surface area contributed by atoms with Crippen molar-refractivity contribution >= 4 is 11.8 Å². The van der Waals surface area contributed by atoms with E-state index in [0.717, 1.165) is 50.9 Å². The molecule has 2 fully saturated rings. The zero-order valence-electron chi connectivity index (χ0n) is 15.8. The minimum absolute atomic E-state index is 0.234. The molecule has 3 rings (SSSR count). The molecule has 2 heterocycles. The molecule has 1 spiro atoms. The zero-order chi connectivity index (χ0) is 18.4. The minimum atomic E-state index is 0.234. The summed E-state index contributed by atoms with van der Waals surface area (Å²) in [6.07, 6.45) is 4.99. The molecule has 0 saturated carbocycles. The number of carbonyl (C=O) groups excluding carboxylic acids is 2. The summed E-state index contributed by atoms with van der Waals surface area (Å²) in [6.45, 7) is 3.72. The molecule has 0 atom stereocenters. The Kier molecular flexibility index (Phi) is 6.30. The summed E-state index contributed by atoms with van der Waals surface area (Å²) >= 11 is 0. The van der Waals surface area contributed by atoms with Gasteiger partial charge in [-0.2, -0.15) is 0 Å². The fourth-order valence-electron chi connectivity index (χ4n) is 4.12. The van der Waals surface area contributed by atoms with Crippen LogP contribution < -0.4 is 0 Å². The van der Waals surface area contributed by atoms with E-state index < -0.39 is 0 Å². The first-order chi connectivity index (χ1) is 12.6. The second-order valence-electron chi connectivity index (χ2n) is 7.77. The maximum Gasteiger partial charge on any atom is 0.222 e. The summed E-state index contributed by atoms with van der Waals surface area (Å²) in [4.78, 5) is 28.0. The van der Waals surface area contributed by atoms with E-state index >= 15 is 0 Å². The molecule has 0 unspecified atom stereocenters. The maximum absolute atomic E-state index is 12.4. The molecule has 1 aromatic rings. The highest BCUT2D eigenvalue weighted by Gasteiger charge is 2.40. The fourth-order valence-corrected chi connectivity index (χ4v) is 4.12. The molecule has 2 aliphatic rings. The number of amides is 2. The quantitative estimate of drug-likeness (QED) is 0.735. The van der Waals surface area contributed by atoms with Crippen LogP contribution in [0.15, 0.2) is 30.3 Å². The monoisotopic (exact) mass is 358 g/mol. The number of carbonyl (C=O) groups is 2. The van der Waals surface area contributed by atoms with Crippen LogP contribution in [-0.4, -0.2) is 54.9 Å². The number of ether oxygens (including phenoxy) is 1. The summed E-state index contributed by atoms with van der Waals surface area (Å²) in [5, 5.41) is 0. The van der Waals surface area contributed by atoms with E-state index in [1.165, 1.54) is 0 Å². The maximum atomic E-state index is 12.4. The lowest BCUT2D eigenvalue weighted by Gasteiger charge is -2.46. The van der Waals surface area contributed by atoms with Crippen LogP contribution in [0.4, 0.5) is 0 Å². The Morgan fingerprint density at radius 1 is 1.15 bits per heavy atom.